The van der Waals surface area contributed by atoms with Gasteiger partial charge in [0, 0.05) is 13.5 Å². The highest BCUT2D eigenvalue weighted by Crippen LogP contribution is 2.73. The zero-order valence-electron chi connectivity index (χ0n) is 19.4. The largest absolute Gasteiger partial charge is 0.462 e. The van der Waals surface area contributed by atoms with E-state index >= 15 is 0 Å². The Kier molecular flexibility index (Phi) is 4.47. The minimum Gasteiger partial charge on any atom is -0.462 e. The molecule has 0 unspecified atom stereocenters. The maximum absolute atomic E-state index is 14.0. The van der Waals surface area contributed by atoms with Gasteiger partial charge >= 0.3 is 5.97 Å². The van der Waals surface area contributed by atoms with Gasteiger partial charge in [-0.25, -0.2) is 0 Å². The maximum Gasteiger partial charge on any atom is 0.302 e. The molecule has 172 valence electrons. The lowest BCUT2D eigenvalue weighted by Gasteiger charge is -2.69. The number of rotatable bonds is 2. The summed E-state index contributed by atoms with van der Waals surface area (Å²) in [6.07, 6.45) is 3.20. The van der Waals surface area contributed by atoms with E-state index in [4.69, 9.17) is 14.2 Å². The third-order valence-electron chi connectivity index (χ3n) is 9.72. The first-order valence-electron chi connectivity index (χ1n) is 11.8. The molecule has 1 spiro atoms. The molecule has 31 heavy (non-hydrogen) atoms. The van der Waals surface area contributed by atoms with Crippen molar-refractivity contribution in [3.8, 4) is 0 Å². The molecule has 1 heterocycles. The fourth-order valence-electron chi connectivity index (χ4n) is 8.67. The molecule has 0 amide bonds. The predicted molar refractivity (Wildman–Crippen MR) is 113 cm³/mol. The number of Topliss-reactive ketones (excluding diaryl/α,β-unsaturated/α-hetero) is 1. The minimum atomic E-state index is -0.845. The summed E-state index contributed by atoms with van der Waals surface area (Å²) in [6.45, 7) is 14.0. The first kappa shape index (κ1) is 21.6. The van der Waals surface area contributed by atoms with Gasteiger partial charge in [0.2, 0.25) is 0 Å². The van der Waals surface area contributed by atoms with Crippen molar-refractivity contribution in [3.05, 3.63) is 12.2 Å². The Labute approximate surface area is 184 Å². The summed E-state index contributed by atoms with van der Waals surface area (Å²) in [6, 6.07) is 0. The van der Waals surface area contributed by atoms with Gasteiger partial charge in [0.05, 0.1) is 23.5 Å². The summed E-state index contributed by atoms with van der Waals surface area (Å²) in [5, 5.41) is 10.4. The summed E-state index contributed by atoms with van der Waals surface area (Å²) in [4.78, 5) is 26.0. The van der Waals surface area contributed by atoms with E-state index in [9.17, 15) is 14.7 Å². The molecule has 0 aromatic carbocycles. The standard InChI is InChI=1S/C25H36O6/c1-13-19-15(29-14(2)27)10-17-24(6)9-7-8-23(5,12-26)16(24)11-18-25(17,20(13)28)21(19)31-22(3,4)30-18/h15-19,21,26H,1,7-12H2,2-6H3/t15-,16+,17-,18+,19+,21+,23+,24+,25-/m0/s1. The first-order valence-corrected chi connectivity index (χ1v) is 11.8. The van der Waals surface area contributed by atoms with Crippen molar-refractivity contribution in [2.75, 3.05) is 6.61 Å². The Bertz CT molecular complexity index is 849. The summed E-state index contributed by atoms with van der Waals surface area (Å²) < 4.78 is 18.9. The predicted octanol–water partition coefficient (Wildman–Crippen LogP) is 3.41. The quantitative estimate of drug-likeness (QED) is 0.532. The van der Waals surface area contributed by atoms with E-state index in [1.54, 1.807) is 0 Å². The van der Waals surface area contributed by atoms with Crippen LogP contribution in [-0.2, 0) is 23.8 Å². The van der Waals surface area contributed by atoms with E-state index in [-0.39, 0.29) is 53.0 Å². The number of carbonyl (C=O) groups excluding carboxylic acids is 2. The average molecular weight is 433 g/mol. The molecule has 5 fully saturated rings. The zero-order chi connectivity index (χ0) is 22.6. The van der Waals surface area contributed by atoms with Crippen LogP contribution in [0.1, 0.15) is 66.7 Å². The van der Waals surface area contributed by atoms with Gasteiger partial charge in [-0.15, -0.1) is 0 Å². The van der Waals surface area contributed by atoms with Gasteiger partial charge in [-0.1, -0.05) is 26.8 Å². The summed E-state index contributed by atoms with van der Waals surface area (Å²) in [5.41, 5.74) is -0.662. The Hall–Kier alpha value is -1.24. The third kappa shape index (κ3) is 2.56. The number of fused-ring (bicyclic) bond motifs is 2. The van der Waals surface area contributed by atoms with Crippen LogP contribution in [0, 0.1) is 34.0 Å². The highest BCUT2D eigenvalue weighted by Gasteiger charge is 2.79. The Morgan fingerprint density at radius 1 is 1.16 bits per heavy atom. The normalized spacial score (nSPS) is 52.3. The number of ether oxygens (including phenoxy) is 3. The number of carbonyl (C=O) groups is 2. The van der Waals surface area contributed by atoms with Gasteiger partial charge in [-0.2, -0.15) is 0 Å². The van der Waals surface area contributed by atoms with Crippen LogP contribution in [0.2, 0.25) is 0 Å². The van der Waals surface area contributed by atoms with Crippen LogP contribution in [0.3, 0.4) is 0 Å². The molecule has 0 aromatic rings. The Balaban J connectivity index is 1.71. The summed E-state index contributed by atoms with van der Waals surface area (Å²) in [7, 11) is 0. The van der Waals surface area contributed by atoms with E-state index in [1.165, 1.54) is 6.92 Å². The second-order valence-electron chi connectivity index (χ2n) is 11.8. The highest BCUT2D eigenvalue weighted by atomic mass is 16.7. The lowest BCUT2D eigenvalue weighted by atomic mass is 9.39. The van der Waals surface area contributed by atoms with E-state index in [1.807, 2.05) is 13.8 Å². The van der Waals surface area contributed by atoms with Crippen molar-refractivity contribution in [2.45, 2.75) is 90.8 Å². The molecular formula is C25H36O6. The van der Waals surface area contributed by atoms with Crippen LogP contribution in [0.25, 0.3) is 0 Å². The summed E-state index contributed by atoms with van der Waals surface area (Å²) in [5.74, 6) is -1.31. The van der Waals surface area contributed by atoms with Crippen LogP contribution in [-0.4, -0.2) is 47.6 Å². The maximum atomic E-state index is 14.0. The topological polar surface area (TPSA) is 82.1 Å². The molecular weight excluding hydrogens is 396 g/mol. The van der Waals surface area contributed by atoms with Crippen LogP contribution in [0.5, 0.6) is 0 Å². The van der Waals surface area contributed by atoms with Crippen molar-refractivity contribution in [3.63, 3.8) is 0 Å². The van der Waals surface area contributed by atoms with Gasteiger partial charge in [0.15, 0.2) is 11.6 Å². The van der Waals surface area contributed by atoms with Crippen molar-refractivity contribution in [2.24, 2.45) is 34.0 Å². The SMILES string of the molecule is C=C1C(=O)[C@@]23[C@@H]4OC(C)(C)O[C@@H]2C[C@@H]2[C@@](C)(CO)CCC[C@@]2(C)[C@@H]3C[C@H](OC(C)=O)[C@@H]14. The smallest absolute Gasteiger partial charge is 0.302 e. The second-order valence-corrected chi connectivity index (χ2v) is 11.8. The number of ketones is 1. The Morgan fingerprint density at radius 3 is 2.52 bits per heavy atom. The molecule has 4 aliphatic carbocycles. The van der Waals surface area contributed by atoms with Gasteiger partial charge < -0.3 is 19.3 Å². The molecule has 0 aromatic heterocycles. The van der Waals surface area contributed by atoms with Crippen LogP contribution in [0.4, 0.5) is 0 Å². The van der Waals surface area contributed by atoms with Crippen molar-refractivity contribution in [1.82, 2.24) is 0 Å². The fourth-order valence-corrected chi connectivity index (χ4v) is 8.67. The van der Waals surface area contributed by atoms with Crippen LogP contribution in [0.15, 0.2) is 12.2 Å². The van der Waals surface area contributed by atoms with Crippen LogP contribution >= 0.6 is 0 Å². The highest BCUT2D eigenvalue weighted by molar-refractivity contribution is 6.05. The first-order chi connectivity index (χ1) is 14.4. The molecule has 5 aliphatic rings. The van der Waals surface area contributed by atoms with Gasteiger partial charge in [0.25, 0.3) is 0 Å². The van der Waals surface area contributed by atoms with E-state index in [2.05, 4.69) is 20.4 Å². The third-order valence-corrected chi connectivity index (χ3v) is 9.72. The number of aliphatic hydroxyl groups is 1. The molecule has 5 rings (SSSR count). The van der Waals surface area contributed by atoms with E-state index in [0.717, 1.165) is 25.7 Å². The number of aliphatic hydroxyl groups excluding tert-OH is 1. The molecule has 6 heteroatoms. The van der Waals surface area contributed by atoms with Crippen molar-refractivity contribution in [1.29, 1.82) is 0 Å². The molecule has 1 N–H and O–H groups in total. The zero-order valence-corrected chi connectivity index (χ0v) is 19.4. The molecule has 0 radical (unpaired) electrons. The number of hydrogen-bond donors (Lipinski definition) is 1. The molecule has 6 nitrogen and oxygen atoms in total. The fraction of sp³-hybridized carbons (Fsp3) is 0.840. The molecule has 9 atom stereocenters. The number of hydrogen-bond acceptors (Lipinski definition) is 6. The second kappa shape index (κ2) is 6.42. The van der Waals surface area contributed by atoms with Crippen molar-refractivity contribution >= 4 is 11.8 Å². The van der Waals surface area contributed by atoms with Gasteiger partial charge in [-0.05, 0) is 67.8 Å². The minimum absolute atomic E-state index is 0.0404. The van der Waals surface area contributed by atoms with E-state index < -0.39 is 23.4 Å². The lowest BCUT2D eigenvalue weighted by Crippen LogP contribution is -2.73. The summed E-state index contributed by atoms with van der Waals surface area (Å²) >= 11 is 0. The van der Waals surface area contributed by atoms with E-state index in [0.29, 0.717) is 12.0 Å². The molecule has 1 aliphatic heterocycles. The average Bonchev–Trinajstić information content (AvgIpc) is 2.82. The van der Waals surface area contributed by atoms with Gasteiger partial charge in [-0.3, -0.25) is 9.59 Å². The van der Waals surface area contributed by atoms with Crippen molar-refractivity contribution < 1.29 is 28.9 Å². The Morgan fingerprint density at radius 2 is 1.87 bits per heavy atom. The monoisotopic (exact) mass is 432 g/mol. The molecule has 4 saturated carbocycles. The molecule has 2 bridgehead atoms. The lowest BCUT2D eigenvalue weighted by molar-refractivity contribution is -0.386. The number of esters is 1. The van der Waals surface area contributed by atoms with Gasteiger partial charge in [0.1, 0.15) is 6.10 Å². The van der Waals surface area contributed by atoms with Crippen LogP contribution < -0.4 is 0 Å². The molecule has 1 saturated heterocycles.